The maximum Gasteiger partial charge on any atom is 0.238 e. The van der Waals surface area contributed by atoms with Crippen molar-refractivity contribution in [3.05, 3.63) is 18.2 Å². The quantitative estimate of drug-likeness (QED) is 0.785. The highest BCUT2D eigenvalue weighted by atomic mass is 16.5. The molecule has 7 nitrogen and oxygen atoms in total. The lowest BCUT2D eigenvalue weighted by atomic mass is 10.2. The van der Waals surface area contributed by atoms with Gasteiger partial charge in [0.15, 0.2) is 0 Å². The molecule has 0 aliphatic carbocycles. The number of carbonyl (C=O) groups is 2. The van der Waals surface area contributed by atoms with Gasteiger partial charge in [-0.1, -0.05) is 0 Å². The van der Waals surface area contributed by atoms with Crippen LogP contribution in [-0.2, 0) is 9.59 Å². The van der Waals surface area contributed by atoms with E-state index in [0.717, 1.165) is 0 Å². The Morgan fingerprint density at radius 3 is 2.55 bits per heavy atom. The van der Waals surface area contributed by atoms with Gasteiger partial charge in [-0.3, -0.25) is 14.5 Å². The molecule has 1 aromatic rings. The lowest BCUT2D eigenvalue weighted by Crippen LogP contribution is -2.49. The third-order valence-corrected chi connectivity index (χ3v) is 3.68. The Kier molecular flexibility index (Phi) is 5.21. The molecule has 1 saturated heterocycles. The van der Waals surface area contributed by atoms with Crippen LogP contribution in [0.3, 0.4) is 0 Å². The molecule has 2 amide bonds. The van der Waals surface area contributed by atoms with Crippen molar-refractivity contribution in [2.45, 2.75) is 6.92 Å². The summed E-state index contributed by atoms with van der Waals surface area (Å²) in [4.78, 5) is 27.2. The zero-order chi connectivity index (χ0) is 16.1. The van der Waals surface area contributed by atoms with Crippen LogP contribution in [0, 0.1) is 0 Å². The summed E-state index contributed by atoms with van der Waals surface area (Å²) in [6, 6.07) is 5.10. The summed E-state index contributed by atoms with van der Waals surface area (Å²) in [5.41, 5.74) is 6.87. The first-order chi connectivity index (χ1) is 10.5. The average Bonchev–Trinajstić information content (AvgIpc) is 2.49. The second-order valence-electron chi connectivity index (χ2n) is 5.29. The van der Waals surface area contributed by atoms with E-state index in [2.05, 4.69) is 5.32 Å². The van der Waals surface area contributed by atoms with Crippen molar-refractivity contribution in [2.75, 3.05) is 50.9 Å². The zero-order valence-corrected chi connectivity index (χ0v) is 13.0. The van der Waals surface area contributed by atoms with E-state index < -0.39 is 0 Å². The standard InChI is InChI=1S/C15H22N4O3/c1-11(20)19-7-5-18(6-8-19)10-15(21)17-13-4-3-12(16)9-14(13)22-2/h3-4,9H,5-8,10,16H2,1-2H3,(H,17,21). The van der Waals surface area contributed by atoms with Crippen LogP contribution in [0.1, 0.15) is 6.92 Å². The van der Waals surface area contributed by atoms with Crippen molar-refractivity contribution in [2.24, 2.45) is 0 Å². The Morgan fingerprint density at radius 1 is 1.27 bits per heavy atom. The first-order valence-corrected chi connectivity index (χ1v) is 7.21. The fraction of sp³-hybridized carbons (Fsp3) is 0.467. The van der Waals surface area contributed by atoms with E-state index in [4.69, 9.17) is 10.5 Å². The number of hydrogen-bond donors (Lipinski definition) is 2. The molecule has 1 heterocycles. The maximum atomic E-state index is 12.1. The second-order valence-corrected chi connectivity index (χ2v) is 5.29. The van der Waals surface area contributed by atoms with E-state index in [1.54, 1.807) is 30.0 Å². The van der Waals surface area contributed by atoms with Gasteiger partial charge >= 0.3 is 0 Å². The summed E-state index contributed by atoms with van der Waals surface area (Å²) in [5, 5.41) is 2.83. The molecule has 0 aromatic heterocycles. The van der Waals surface area contributed by atoms with Gasteiger partial charge in [-0.2, -0.15) is 0 Å². The number of methoxy groups -OCH3 is 1. The van der Waals surface area contributed by atoms with Crippen molar-refractivity contribution in [1.82, 2.24) is 9.80 Å². The van der Waals surface area contributed by atoms with E-state index in [1.807, 2.05) is 4.90 Å². The first-order valence-electron chi connectivity index (χ1n) is 7.21. The Labute approximate surface area is 130 Å². The van der Waals surface area contributed by atoms with Crippen LogP contribution < -0.4 is 15.8 Å². The van der Waals surface area contributed by atoms with E-state index in [0.29, 0.717) is 49.8 Å². The number of benzene rings is 1. The van der Waals surface area contributed by atoms with Gasteiger partial charge in [0.2, 0.25) is 11.8 Å². The molecule has 1 aromatic carbocycles. The van der Waals surface area contributed by atoms with Gasteiger partial charge in [0.1, 0.15) is 5.75 Å². The predicted octanol–water partition coefficient (Wildman–Crippen LogP) is 0.380. The van der Waals surface area contributed by atoms with Gasteiger partial charge in [0.05, 0.1) is 19.3 Å². The lowest BCUT2D eigenvalue weighted by Gasteiger charge is -2.33. The third kappa shape index (κ3) is 4.11. The van der Waals surface area contributed by atoms with Crippen LogP contribution in [0.25, 0.3) is 0 Å². The minimum absolute atomic E-state index is 0.0794. The van der Waals surface area contributed by atoms with Crippen molar-refractivity contribution in [3.8, 4) is 5.75 Å². The van der Waals surface area contributed by atoms with Crippen LogP contribution >= 0.6 is 0 Å². The molecule has 1 fully saturated rings. The number of nitrogens with one attached hydrogen (secondary N) is 1. The predicted molar refractivity (Wildman–Crippen MR) is 84.7 cm³/mol. The van der Waals surface area contributed by atoms with Crippen LogP contribution in [0.2, 0.25) is 0 Å². The van der Waals surface area contributed by atoms with Crippen molar-refractivity contribution in [1.29, 1.82) is 0 Å². The maximum absolute atomic E-state index is 12.1. The fourth-order valence-corrected chi connectivity index (χ4v) is 2.42. The summed E-state index contributed by atoms with van der Waals surface area (Å²) in [6.45, 7) is 4.58. The number of nitrogen functional groups attached to an aromatic ring is 1. The van der Waals surface area contributed by atoms with Crippen molar-refractivity contribution >= 4 is 23.2 Å². The molecule has 0 bridgehead atoms. The average molecular weight is 306 g/mol. The van der Waals surface area contributed by atoms with Crippen molar-refractivity contribution in [3.63, 3.8) is 0 Å². The van der Waals surface area contributed by atoms with Gasteiger partial charge in [0, 0.05) is 44.9 Å². The normalized spacial score (nSPS) is 15.5. The number of hydrogen-bond acceptors (Lipinski definition) is 5. The summed E-state index contributed by atoms with van der Waals surface area (Å²) in [5.74, 6) is 0.504. The smallest absolute Gasteiger partial charge is 0.238 e. The number of carbonyl (C=O) groups excluding carboxylic acids is 2. The highest BCUT2D eigenvalue weighted by molar-refractivity contribution is 5.94. The molecule has 7 heteroatoms. The number of piperazine rings is 1. The number of amides is 2. The highest BCUT2D eigenvalue weighted by Gasteiger charge is 2.20. The van der Waals surface area contributed by atoms with E-state index in [-0.39, 0.29) is 11.8 Å². The molecule has 2 rings (SSSR count). The first kappa shape index (κ1) is 16.1. The number of nitrogens with zero attached hydrogens (tertiary/aromatic N) is 2. The molecule has 120 valence electrons. The monoisotopic (exact) mass is 306 g/mol. The molecule has 0 radical (unpaired) electrons. The molecule has 1 aliphatic rings. The van der Waals surface area contributed by atoms with Gasteiger partial charge in [0.25, 0.3) is 0 Å². The minimum Gasteiger partial charge on any atom is -0.494 e. The number of nitrogens with two attached hydrogens (primary N) is 1. The SMILES string of the molecule is COc1cc(N)ccc1NC(=O)CN1CCN(C(C)=O)CC1. The number of rotatable bonds is 4. The molecule has 1 aliphatic heterocycles. The Morgan fingerprint density at radius 2 is 1.95 bits per heavy atom. The van der Waals surface area contributed by atoms with E-state index in [9.17, 15) is 9.59 Å². The number of anilines is 2. The van der Waals surface area contributed by atoms with Crippen LogP contribution in [-0.4, -0.2) is 61.4 Å². The molecule has 3 N–H and O–H groups in total. The molecular weight excluding hydrogens is 284 g/mol. The summed E-state index contributed by atoms with van der Waals surface area (Å²) in [6.07, 6.45) is 0. The second kappa shape index (κ2) is 7.13. The molecule has 22 heavy (non-hydrogen) atoms. The molecule has 0 spiro atoms. The van der Waals surface area contributed by atoms with Gasteiger partial charge < -0.3 is 20.7 Å². The Bertz CT molecular complexity index is 554. The highest BCUT2D eigenvalue weighted by Crippen LogP contribution is 2.26. The van der Waals surface area contributed by atoms with Gasteiger partial charge in [-0.05, 0) is 12.1 Å². The Hall–Kier alpha value is -2.28. The van der Waals surface area contributed by atoms with Crippen LogP contribution in [0.5, 0.6) is 5.75 Å². The van der Waals surface area contributed by atoms with Crippen LogP contribution in [0.4, 0.5) is 11.4 Å². The molecule has 0 atom stereocenters. The van der Waals surface area contributed by atoms with E-state index >= 15 is 0 Å². The molecule has 0 unspecified atom stereocenters. The van der Waals surface area contributed by atoms with Crippen LogP contribution in [0.15, 0.2) is 18.2 Å². The fourth-order valence-electron chi connectivity index (χ4n) is 2.42. The Balaban J connectivity index is 1.87. The summed E-state index contributed by atoms with van der Waals surface area (Å²) >= 11 is 0. The van der Waals surface area contributed by atoms with Gasteiger partial charge in [-0.15, -0.1) is 0 Å². The topological polar surface area (TPSA) is 87.9 Å². The van der Waals surface area contributed by atoms with Gasteiger partial charge in [-0.25, -0.2) is 0 Å². The van der Waals surface area contributed by atoms with Crippen molar-refractivity contribution < 1.29 is 14.3 Å². The largest absolute Gasteiger partial charge is 0.494 e. The summed E-state index contributed by atoms with van der Waals surface area (Å²) in [7, 11) is 1.53. The third-order valence-electron chi connectivity index (χ3n) is 3.68. The zero-order valence-electron chi connectivity index (χ0n) is 13.0. The minimum atomic E-state index is -0.112. The molecular formula is C15H22N4O3. The summed E-state index contributed by atoms with van der Waals surface area (Å²) < 4.78 is 5.20. The molecule has 0 saturated carbocycles. The van der Waals surface area contributed by atoms with E-state index in [1.165, 1.54) is 7.11 Å². The lowest BCUT2D eigenvalue weighted by molar-refractivity contribution is -0.130. The number of ether oxygens (including phenoxy) is 1.